The molecule has 1 heterocycles. The minimum absolute atomic E-state index is 0.201. The van der Waals surface area contributed by atoms with Crippen LogP contribution < -0.4 is 4.74 Å². The topological polar surface area (TPSA) is 48.1 Å². The molecule has 1 aromatic rings. The zero-order chi connectivity index (χ0) is 14.2. The average Bonchev–Trinajstić information content (AvgIpc) is 3.02. The molecule has 108 valence electrons. The van der Waals surface area contributed by atoms with Crippen molar-refractivity contribution in [3.63, 3.8) is 0 Å². The van der Waals surface area contributed by atoms with Gasteiger partial charge in [0, 0.05) is 0 Å². The number of esters is 1. The molecule has 1 saturated heterocycles. The van der Waals surface area contributed by atoms with Crippen molar-refractivity contribution in [2.45, 2.75) is 43.8 Å². The largest absolute Gasteiger partial charge is 0.497 e. The summed E-state index contributed by atoms with van der Waals surface area (Å²) in [5.74, 6) is 0.607. The molecule has 20 heavy (non-hydrogen) atoms. The molecular formula is C16H20O4. The molecule has 2 fully saturated rings. The van der Waals surface area contributed by atoms with Gasteiger partial charge in [-0.2, -0.15) is 0 Å². The summed E-state index contributed by atoms with van der Waals surface area (Å²) >= 11 is 0. The van der Waals surface area contributed by atoms with Gasteiger partial charge in [-0.25, -0.2) is 4.79 Å². The molecule has 1 aliphatic heterocycles. The number of epoxide rings is 1. The SMILES string of the molecule is CCCOC(=O)C12CCCC1(c1ccc(OC)cc1)O2. The van der Waals surface area contributed by atoms with Gasteiger partial charge in [0.05, 0.1) is 13.7 Å². The smallest absolute Gasteiger partial charge is 0.341 e. The van der Waals surface area contributed by atoms with Gasteiger partial charge in [-0.15, -0.1) is 0 Å². The van der Waals surface area contributed by atoms with Gasteiger partial charge in [-0.1, -0.05) is 19.1 Å². The van der Waals surface area contributed by atoms with Gasteiger partial charge < -0.3 is 14.2 Å². The number of ether oxygens (including phenoxy) is 3. The van der Waals surface area contributed by atoms with Crippen LogP contribution in [-0.4, -0.2) is 25.3 Å². The van der Waals surface area contributed by atoms with Crippen molar-refractivity contribution < 1.29 is 19.0 Å². The molecule has 2 aliphatic rings. The first kappa shape index (κ1) is 13.4. The van der Waals surface area contributed by atoms with Crippen LogP contribution in [0.4, 0.5) is 0 Å². The van der Waals surface area contributed by atoms with Crippen molar-refractivity contribution in [2.24, 2.45) is 0 Å². The lowest BCUT2D eigenvalue weighted by Crippen LogP contribution is -2.30. The molecule has 0 aromatic heterocycles. The third kappa shape index (κ3) is 1.74. The minimum atomic E-state index is -0.739. The fourth-order valence-corrected chi connectivity index (χ4v) is 3.28. The van der Waals surface area contributed by atoms with Crippen molar-refractivity contribution in [3.8, 4) is 5.75 Å². The van der Waals surface area contributed by atoms with E-state index in [0.29, 0.717) is 6.61 Å². The van der Waals surface area contributed by atoms with Crippen molar-refractivity contribution in [2.75, 3.05) is 13.7 Å². The quantitative estimate of drug-likeness (QED) is 0.613. The summed E-state index contributed by atoms with van der Waals surface area (Å²) in [6.07, 6.45) is 3.45. The van der Waals surface area contributed by atoms with Crippen LogP contribution in [-0.2, 0) is 19.9 Å². The summed E-state index contributed by atoms with van der Waals surface area (Å²) in [6.45, 7) is 2.45. The third-order valence-corrected chi connectivity index (χ3v) is 4.34. The highest BCUT2D eigenvalue weighted by Gasteiger charge is 2.78. The van der Waals surface area contributed by atoms with E-state index in [2.05, 4.69) is 0 Å². The second-order valence-electron chi connectivity index (χ2n) is 5.47. The summed E-state index contributed by atoms with van der Waals surface area (Å²) in [4.78, 5) is 12.3. The summed E-state index contributed by atoms with van der Waals surface area (Å²) in [5, 5.41) is 0. The first-order valence-corrected chi connectivity index (χ1v) is 7.20. The number of benzene rings is 1. The van der Waals surface area contributed by atoms with Crippen molar-refractivity contribution in [1.29, 1.82) is 0 Å². The maximum atomic E-state index is 12.3. The fraction of sp³-hybridized carbons (Fsp3) is 0.562. The van der Waals surface area contributed by atoms with Crippen molar-refractivity contribution in [3.05, 3.63) is 29.8 Å². The Kier molecular flexibility index (Phi) is 3.21. The van der Waals surface area contributed by atoms with Crippen LogP contribution in [0.5, 0.6) is 5.75 Å². The normalized spacial score (nSPS) is 30.7. The van der Waals surface area contributed by atoms with E-state index in [1.54, 1.807) is 7.11 Å². The van der Waals surface area contributed by atoms with Crippen LogP contribution in [0.2, 0.25) is 0 Å². The molecule has 3 rings (SSSR count). The Labute approximate surface area is 119 Å². The second kappa shape index (κ2) is 4.77. The highest BCUT2D eigenvalue weighted by atomic mass is 16.7. The highest BCUT2D eigenvalue weighted by molar-refractivity contribution is 5.86. The Morgan fingerprint density at radius 1 is 1.30 bits per heavy atom. The number of fused-ring (bicyclic) bond motifs is 1. The number of hydrogen-bond acceptors (Lipinski definition) is 4. The van der Waals surface area contributed by atoms with Crippen LogP contribution in [0.3, 0.4) is 0 Å². The number of hydrogen-bond donors (Lipinski definition) is 0. The Hall–Kier alpha value is -1.55. The lowest BCUT2D eigenvalue weighted by Gasteiger charge is -2.12. The molecular weight excluding hydrogens is 256 g/mol. The Morgan fingerprint density at radius 2 is 2.05 bits per heavy atom. The molecule has 4 nitrogen and oxygen atoms in total. The van der Waals surface area contributed by atoms with E-state index in [1.807, 2.05) is 31.2 Å². The van der Waals surface area contributed by atoms with Crippen LogP contribution in [0.25, 0.3) is 0 Å². The molecule has 0 N–H and O–H groups in total. The Morgan fingerprint density at radius 3 is 2.70 bits per heavy atom. The average molecular weight is 276 g/mol. The van der Waals surface area contributed by atoms with Gasteiger partial charge in [0.1, 0.15) is 11.4 Å². The molecule has 1 aliphatic carbocycles. The molecule has 1 saturated carbocycles. The minimum Gasteiger partial charge on any atom is -0.497 e. The van der Waals surface area contributed by atoms with E-state index < -0.39 is 11.2 Å². The zero-order valence-electron chi connectivity index (χ0n) is 12.0. The van der Waals surface area contributed by atoms with E-state index in [1.165, 1.54) is 0 Å². The third-order valence-electron chi connectivity index (χ3n) is 4.34. The summed E-state index contributed by atoms with van der Waals surface area (Å²) in [5.41, 5.74) is -0.162. The first-order valence-electron chi connectivity index (χ1n) is 7.20. The van der Waals surface area contributed by atoms with E-state index >= 15 is 0 Å². The molecule has 4 heteroatoms. The van der Waals surface area contributed by atoms with Crippen LogP contribution in [0.1, 0.15) is 38.2 Å². The first-order chi connectivity index (χ1) is 9.68. The van der Waals surface area contributed by atoms with Crippen LogP contribution in [0.15, 0.2) is 24.3 Å². The van der Waals surface area contributed by atoms with Gasteiger partial charge in [0.2, 0.25) is 0 Å². The zero-order valence-corrected chi connectivity index (χ0v) is 12.0. The second-order valence-corrected chi connectivity index (χ2v) is 5.47. The highest BCUT2D eigenvalue weighted by Crippen LogP contribution is 2.66. The van der Waals surface area contributed by atoms with Gasteiger partial charge in [0.25, 0.3) is 0 Å². The molecule has 0 radical (unpaired) electrons. The molecule has 0 amide bonds. The molecule has 1 aromatic carbocycles. The summed E-state index contributed by atoms with van der Waals surface area (Å²) < 4.78 is 16.4. The number of methoxy groups -OCH3 is 1. The van der Waals surface area contributed by atoms with Gasteiger partial charge in [-0.05, 0) is 43.4 Å². The van der Waals surface area contributed by atoms with Crippen molar-refractivity contribution in [1.82, 2.24) is 0 Å². The van der Waals surface area contributed by atoms with E-state index in [4.69, 9.17) is 14.2 Å². The van der Waals surface area contributed by atoms with Gasteiger partial charge in [0.15, 0.2) is 5.60 Å². The maximum absolute atomic E-state index is 12.3. The van der Waals surface area contributed by atoms with Crippen LogP contribution >= 0.6 is 0 Å². The number of carbonyl (C=O) groups is 1. The predicted molar refractivity (Wildman–Crippen MR) is 73.6 cm³/mol. The van der Waals surface area contributed by atoms with E-state index in [9.17, 15) is 4.79 Å². The lowest BCUT2D eigenvalue weighted by atomic mass is 9.89. The number of rotatable bonds is 5. The summed E-state index contributed by atoms with van der Waals surface area (Å²) in [6, 6.07) is 7.79. The summed E-state index contributed by atoms with van der Waals surface area (Å²) in [7, 11) is 1.64. The van der Waals surface area contributed by atoms with Gasteiger partial charge >= 0.3 is 5.97 Å². The number of carbonyl (C=O) groups excluding carboxylic acids is 1. The molecule has 0 spiro atoms. The Bertz CT molecular complexity index is 510. The monoisotopic (exact) mass is 276 g/mol. The van der Waals surface area contributed by atoms with Crippen LogP contribution in [0, 0.1) is 0 Å². The predicted octanol–water partition coefficient (Wildman–Crippen LogP) is 2.80. The Balaban J connectivity index is 1.83. The van der Waals surface area contributed by atoms with E-state index in [0.717, 1.165) is 37.0 Å². The molecule has 0 bridgehead atoms. The lowest BCUT2D eigenvalue weighted by molar-refractivity contribution is -0.150. The standard InChI is InChI=1S/C16H20O4/c1-3-11-19-14(17)16-10-4-9-15(16,20-16)12-5-7-13(18-2)8-6-12/h5-8H,3-4,9-11H2,1-2H3. The van der Waals surface area contributed by atoms with Gasteiger partial charge in [-0.3, -0.25) is 0 Å². The van der Waals surface area contributed by atoms with E-state index in [-0.39, 0.29) is 5.97 Å². The van der Waals surface area contributed by atoms with Crippen molar-refractivity contribution >= 4 is 5.97 Å². The molecule has 2 atom stereocenters. The fourth-order valence-electron chi connectivity index (χ4n) is 3.28. The maximum Gasteiger partial charge on any atom is 0.341 e. The molecule has 2 unspecified atom stereocenters.